The molecule has 122 valence electrons. The number of carboxylic acid groups (broad SMARTS) is 1. The molecule has 0 bridgehead atoms. The molecule has 0 spiro atoms. The molecule has 0 aliphatic carbocycles. The summed E-state index contributed by atoms with van der Waals surface area (Å²) in [7, 11) is 0. The van der Waals surface area contributed by atoms with Gasteiger partial charge >= 0.3 is 11.9 Å². The van der Waals surface area contributed by atoms with Crippen LogP contribution >= 0.6 is 0 Å². The number of cyclic esters (lactones) is 1. The van der Waals surface area contributed by atoms with Gasteiger partial charge in [-0.25, -0.2) is 4.79 Å². The Balaban J connectivity index is 2.65. The summed E-state index contributed by atoms with van der Waals surface area (Å²) >= 11 is 0. The number of esters is 1. The lowest BCUT2D eigenvalue weighted by Gasteiger charge is -2.34. The van der Waals surface area contributed by atoms with Crippen molar-refractivity contribution in [2.24, 2.45) is 16.3 Å². The Morgan fingerprint density at radius 2 is 1.91 bits per heavy atom. The maximum absolute atomic E-state index is 11.5. The van der Waals surface area contributed by atoms with Gasteiger partial charge in [-0.2, -0.15) is 0 Å². The van der Waals surface area contributed by atoms with Gasteiger partial charge in [-0.3, -0.25) is 4.79 Å². The Kier molecular flexibility index (Phi) is 4.39. The third kappa shape index (κ3) is 2.77. The first-order valence-electron chi connectivity index (χ1n) is 6.77. The van der Waals surface area contributed by atoms with E-state index in [0.717, 1.165) is 6.07 Å². The van der Waals surface area contributed by atoms with E-state index in [4.69, 9.17) is 4.74 Å². The first-order chi connectivity index (χ1) is 10.8. The third-order valence-corrected chi connectivity index (χ3v) is 4.02. The maximum Gasteiger partial charge on any atom is 0.345 e. The summed E-state index contributed by atoms with van der Waals surface area (Å²) in [6, 6.07) is 1.16. The largest absolute Gasteiger partial charge is 0.505 e. The molecule has 2 rings (SSSR count). The van der Waals surface area contributed by atoms with Crippen LogP contribution in [0.4, 0.5) is 11.4 Å². The molecule has 3 unspecified atom stereocenters. The summed E-state index contributed by atoms with van der Waals surface area (Å²) < 4.78 is 4.90. The van der Waals surface area contributed by atoms with Crippen LogP contribution in [-0.2, 0) is 14.3 Å². The number of aromatic hydroxyl groups is 1. The fraction of sp³-hybridized carbons (Fsp3) is 0.429. The van der Waals surface area contributed by atoms with Crippen molar-refractivity contribution in [2.75, 3.05) is 0 Å². The highest BCUT2D eigenvalue weighted by Gasteiger charge is 2.43. The monoisotopic (exact) mass is 322 g/mol. The number of hydrogen-bond acceptors (Lipinski definition) is 8. The first-order valence-corrected chi connectivity index (χ1v) is 6.77. The van der Waals surface area contributed by atoms with Crippen LogP contribution in [-0.4, -0.2) is 28.3 Å². The molecular formula is C14H14N2O7. The molecule has 1 aliphatic heterocycles. The van der Waals surface area contributed by atoms with Crippen molar-refractivity contribution in [3.05, 3.63) is 27.0 Å². The minimum atomic E-state index is -1.46. The number of benzene rings is 1. The lowest BCUT2D eigenvalue weighted by molar-refractivity contribution is -0.173. The standard InChI is InChI=1S/C14H14N2O7/c1-5-3-9(18)23-13(14(19)20)10(5)7-4-8(17)12(16-22)11(15-21)6(7)2/h4-5,10,13,17H,3H2,1-2H3,(H,19,20). The lowest BCUT2D eigenvalue weighted by atomic mass is 9.77. The molecule has 1 aromatic rings. The first kappa shape index (κ1) is 16.5. The number of carboxylic acids is 1. The number of hydrogen-bond donors (Lipinski definition) is 2. The molecule has 1 heterocycles. The van der Waals surface area contributed by atoms with Gasteiger partial charge in [-0.15, -0.1) is 9.81 Å². The van der Waals surface area contributed by atoms with Gasteiger partial charge in [0.15, 0.2) is 5.69 Å². The molecule has 0 saturated carbocycles. The van der Waals surface area contributed by atoms with Gasteiger partial charge < -0.3 is 14.9 Å². The number of carbonyl (C=O) groups excluding carboxylic acids is 1. The summed E-state index contributed by atoms with van der Waals surface area (Å²) in [5, 5.41) is 24.5. The molecular weight excluding hydrogens is 308 g/mol. The van der Waals surface area contributed by atoms with Crippen molar-refractivity contribution < 1.29 is 24.5 Å². The van der Waals surface area contributed by atoms with E-state index < -0.39 is 41.3 Å². The van der Waals surface area contributed by atoms with Crippen LogP contribution in [0.25, 0.3) is 0 Å². The number of phenolic OH excluding ortho intramolecular Hbond substituents is 1. The Bertz CT molecular complexity index is 701. The van der Waals surface area contributed by atoms with E-state index in [9.17, 15) is 29.6 Å². The van der Waals surface area contributed by atoms with Gasteiger partial charge in [-0.05, 0) is 40.4 Å². The Morgan fingerprint density at radius 3 is 2.43 bits per heavy atom. The van der Waals surface area contributed by atoms with Gasteiger partial charge in [-0.1, -0.05) is 6.92 Å². The highest BCUT2D eigenvalue weighted by Crippen LogP contribution is 2.47. The number of rotatable bonds is 4. The molecule has 1 fully saturated rings. The van der Waals surface area contributed by atoms with Crippen LogP contribution in [0.1, 0.15) is 30.4 Å². The van der Waals surface area contributed by atoms with E-state index in [1.165, 1.54) is 6.92 Å². The Morgan fingerprint density at radius 1 is 1.30 bits per heavy atom. The predicted octanol–water partition coefficient (Wildman–Crippen LogP) is 2.62. The molecule has 9 nitrogen and oxygen atoms in total. The zero-order chi connectivity index (χ0) is 17.3. The van der Waals surface area contributed by atoms with Gasteiger partial charge in [0.2, 0.25) is 6.10 Å². The number of carbonyl (C=O) groups is 2. The van der Waals surface area contributed by atoms with Crippen LogP contribution < -0.4 is 0 Å². The summed E-state index contributed by atoms with van der Waals surface area (Å²) in [6.45, 7) is 3.12. The summed E-state index contributed by atoms with van der Waals surface area (Å²) in [5.41, 5.74) is -0.373. The molecule has 23 heavy (non-hydrogen) atoms. The lowest BCUT2D eigenvalue weighted by Crippen LogP contribution is -2.41. The van der Waals surface area contributed by atoms with Crippen LogP contribution in [0.5, 0.6) is 5.75 Å². The minimum absolute atomic E-state index is 0.00776. The van der Waals surface area contributed by atoms with E-state index >= 15 is 0 Å². The number of nitroso groups, excluding NO2 is 2. The van der Waals surface area contributed by atoms with Crippen LogP contribution in [0.15, 0.2) is 16.4 Å². The van der Waals surface area contributed by atoms with Crippen molar-refractivity contribution in [3.63, 3.8) is 0 Å². The number of ether oxygens (including phenoxy) is 1. The van der Waals surface area contributed by atoms with Crippen molar-refractivity contribution in [3.8, 4) is 5.75 Å². The molecule has 1 saturated heterocycles. The molecule has 2 N–H and O–H groups in total. The fourth-order valence-electron chi connectivity index (χ4n) is 2.93. The van der Waals surface area contributed by atoms with E-state index in [-0.39, 0.29) is 23.2 Å². The van der Waals surface area contributed by atoms with Crippen molar-refractivity contribution in [1.82, 2.24) is 0 Å². The van der Waals surface area contributed by atoms with Crippen molar-refractivity contribution in [2.45, 2.75) is 32.3 Å². The van der Waals surface area contributed by atoms with Gasteiger partial charge in [0.25, 0.3) is 0 Å². The Hall–Kier alpha value is -2.84. The predicted molar refractivity (Wildman–Crippen MR) is 77.8 cm³/mol. The molecule has 9 heteroatoms. The smallest absolute Gasteiger partial charge is 0.345 e. The van der Waals surface area contributed by atoms with Crippen LogP contribution in [0, 0.1) is 22.7 Å². The van der Waals surface area contributed by atoms with Gasteiger partial charge in [0.05, 0.1) is 0 Å². The maximum atomic E-state index is 11.5. The third-order valence-electron chi connectivity index (χ3n) is 4.02. The summed E-state index contributed by atoms with van der Waals surface area (Å²) in [5.74, 6) is -3.76. The topological polar surface area (TPSA) is 143 Å². The van der Waals surface area contributed by atoms with Crippen molar-refractivity contribution in [1.29, 1.82) is 0 Å². The highest BCUT2D eigenvalue weighted by atomic mass is 16.6. The van der Waals surface area contributed by atoms with E-state index in [1.807, 2.05) is 0 Å². The SMILES string of the molecule is Cc1c(C2C(C)CC(=O)OC2C(=O)O)cc(O)c(N=O)c1N=O. The second-order valence-corrected chi connectivity index (χ2v) is 5.45. The fourth-order valence-corrected chi connectivity index (χ4v) is 2.93. The quantitative estimate of drug-likeness (QED) is 0.640. The normalized spacial score (nSPS) is 23.9. The van der Waals surface area contributed by atoms with Crippen LogP contribution in [0.3, 0.4) is 0 Å². The molecule has 0 radical (unpaired) electrons. The van der Waals surface area contributed by atoms with Gasteiger partial charge in [0.1, 0.15) is 11.4 Å². The number of aliphatic carboxylic acids is 1. The summed E-state index contributed by atoms with van der Waals surface area (Å²) in [4.78, 5) is 44.6. The van der Waals surface area contributed by atoms with Gasteiger partial charge in [0, 0.05) is 12.3 Å². The van der Waals surface area contributed by atoms with Crippen molar-refractivity contribution >= 4 is 23.3 Å². The Labute approximate surface area is 130 Å². The number of nitrogens with zero attached hydrogens (tertiary/aromatic N) is 2. The molecule has 3 atom stereocenters. The molecule has 1 aromatic carbocycles. The average Bonchev–Trinajstić information content (AvgIpc) is 2.48. The van der Waals surface area contributed by atoms with Crippen LogP contribution in [0.2, 0.25) is 0 Å². The zero-order valence-electron chi connectivity index (χ0n) is 12.3. The second kappa shape index (κ2) is 6.11. The molecule has 0 aromatic heterocycles. The average molecular weight is 322 g/mol. The zero-order valence-corrected chi connectivity index (χ0v) is 12.3. The van der Waals surface area contributed by atoms with E-state index in [1.54, 1.807) is 6.92 Å². The minimum Gasteiger partial charge on any atom is -0.505 e. The summed E-state index contributed by atoms with van der Waals surface area (Å²) in [6.07, 6.45) is -1.47. The van der Waals surface area contributed by atoms with E-state index in [2.05, 4.69) is 10.4 Å². The molecule has 1 aliphatic rings. The number of phenols is 1. The second-order valence-electron chi connectivity index (χ2n) is 5.45. The molecule has 0 amide bonds. The van der Waals surface area contributed by atoms with E-state index in [0.29, 0.717) is 0 Å². The highest BCUT2D eigenvalue weighted by molar-refractivity contribution is 5.82.